The highest BCUT2D eigenvalue weighted by Crippen LogP contribution is 2.26. The van der Waals surface area contributed by atoms with Crippen molar-refractivity contribution in [3.8, 4) is 0 Å². The molecule has 0 atom stereocenters. The highest BCUT2D eigenvalue weighted by Gasteiger charge is 2.06. The van der Waals surface area contributed by atoms with E-state index in [4.69, 9.17) is 11.6 Å². The molecule has 0 aromatic heterocycles. The maximum absolute atomic E-state index is 11.2. The van der Waals surface area contributed by atoms with Crippen molar-refractivity contribution in [2.75, 3.05) is 16.3 Å². The molecule has 6 heteroatoms. The van der Waals surface area contributed by atoms with Crippen molar-refractivity contribution in [1.29, 1.82) is 0 Å². The summed E-state index contributed by atoms with van der Waals surface area (Å²) in [6.45, 7) is 2.65. The highest BCUT2D eigenvalue weighted by atomic mass is 35.5. The second kappa shape index (κ2) is 6.37. The zero-order chi connectivity index (χ0) is 15.5. The van der Waals surface area contributed by atoms with Gasteiger partial charge in [0.2, 0.25) is 10.0 Å². The molecule has 0 amide bonds. The van der Waals surface area contributed by atoms with Crippen LogP contribution in [0.3, 0.4) is 0 Å². The third kappa shape index (κ3) is 4.95. The van der Waals surface area contributed by atoms with E-state index in [0.29, 0.717) is 22.9 Å². The highest BCUT2D eigenvalue weighted by molar-refractivity contribution is 7.92. The van der Waals surface area contributed by atoms with Crippen LogP contribution < -0.4 is 10.0 Å². The molecule has 2 rings (SSSR count). The molecule has 2 aromatic rings. The smallest absolute Gasteiger partial charge is 0.229 e. The van der Waals surface area contributed by atoms with Crippen LogP contribution in [0.1, 0.15) is 11.1 Å². The number of hydrogen-bond donors (Lipinski definition) is 2. The quantitative estimate of drug-likeness (QED) is 0.883. The molecule has 21 heavy (non-hydrogen) atoms. The molecule has 0 unspecified atom stereocenters. The first kappa shape index (κ1) is 15.7. The Labute approximate surface area is 130 Å². The Balaban J connectivity index is 2.12. The summed E-state index contributed by atoms with van der Waals surface area (Å²) in [4.78, 5) is 0. The molecule has 2 N–H and O–H groups in total. The number of anilines is 2. The van der Waals surface area contributed by atoms with Crippen LogP contribution in [0.4, 0.5) is 11.4 Å². The first-order valence-electron chi connectivity index (χ1n) is 6.40. The topological polar surface area (TPSA) is 58.2 Å². The van der Waals surface area contributed by atoms with Crippen LogP contribution in [0.15, 0.2) is 42.5 Å². The predicted octanol–water partition coefficient (Wildman–Crippen LogP) is 3.63. The summed E-state index contributed by atoms with van der Waals surface area (Å²) in [6.07, 6.45) is 1.11. The van der Waals surface area contributed by atoms with Gasteiger partial charge in [0, 0.05) is 6.54 Å². The fourth-order valence-corrected chi connectivity index (χ4v) is 2.58. The Morgan fingerprint density at radius 2 is 1.76 bits per heavy atom. The molecule has 0 saturated heterocycles. The van der Waals surface area contributed by atoms with E-state index in [2.05, 4.69) is 10.0 Å². The van der Waals surface area contributed by atoms with Crippen LogP contribution in [0.5, 0.6) is 0 Å². The standard InChI is InChI=1S/C15H17ClN2O2S/c1-11-3-5-12(6-4-11)10-17-15-9-13(7-8-14(15)16)18-21(2,19)20/h3-9,17-18H,10H2,1-2H3. The molecule has 0 bridgehead atoms. The molecule has 2 aromatic carbocycles. The lowest BCUT2D eigenvalue weighted by atomic mass is 10.1. The SMILES string of the molecule is Cc1ccc(CNc2cc(NS(C)(=O)=O)ccc2Cl)cc1. The van der Waals surface area contributed by atoms with Gasteiger partial charge in [0.15, 0.2) is 0 Å². The van der Waals surface area contributed by atoms with Gasteiger partial charge in [0.05, 0.1) is 22.7 Å². The van der Waals surface area contributed by atoms with Gasteiger partial charge < -0.3 is 5.32 Å². The van der Waals surface area contributed by atoms with Crippen LogP contribution >= 0.6 is 11.6 Å². The van der Waals surface area contributed by atoms with Gasteiger partial charge in [-0.1, -0.05) is 41.4 Å². The van der Waals surface area contributed by atoms with Crippen molar-refractivity contribution in [2.24, 2.45) is 0 Å². The molecule has 0 aliphatic heterocycles. The minimum Gasteiger partial charge on any atom is -0.380 e. The largest absolute Gasteiger partial charge is 0.380 e. The van der Waals surface area contributed by atoms with Crippen molar-refractivity contribution in [3.63, 3.8) is 0 Å². The molecular formula is C15H17ClN2O2S. The van der Waals surface area contributed by atoms with Crippen LogP contribution in [0.2, 0.25) is 5.02 Å². The van der Waals surface area contributed by atoms with Gasteiger partial charge in [0.25, 0.3) is 0 Å². The molecule has 4 nitrogen and oxygen atoms in total. The van der Waals surface area contributed by atoms with Crippen molar-refractivity contribution < 1.29 is 8.42 Å². The summed E-state index contributed by atoms with van der Waals surface area (Å²) >= 11 is 6.12. The lowest BCUT2D eigenvalue weighted by Crippen LogP contribution is -2.10. The van der Waals surface area contributed by atoms with Gasteiger partial charge in [0.1, 0.15) is 0 Å². The van der Waals surface area contributed by atoms with E-state index in [1.807, 2.05) is 31.2 Å². The van der Waals surface area contributed by atoms with Gasteiger partial charge in [-0.25, -0.2) is 8.42 Å². The van der Waals surface area contributed by atoms with E-state index in [0.717, 1.165) is 11.8 Å². The average Bonchev–Trinajstić information content (AvgIpc) is 2.39. The molecule has 0 aliphatic rings. The normalized spacial score (nSPS) is 11.2. The lowest BCUT2D eigenvalue weighted by Gasteiger charge is -2.11. The maximum Gasteiger partial charge on any atom is 0.229 e. The molecule has 0 fully saturated rings. The van der Waals surface area contributed by atoms with Crippen LogP contribution in [0, 0.1) is 6.92 Å². The van der Waals surface area contributed by atoms with Crippen LogP contribution in [-0.4, -0.2) is 14.7 Å². The summed E-state index contributed by atoms with van der Waals surface area (Å²) in [5.41, 5.74) is 3.49. The average molecular weight is 325 g/mol. The number of sulfonamides is 1. The summed E-state index contributed by atoms with van der Waals surface area (Å²) in [6, 6.07) is 13.1. The number of aryl methyl sites for hydroxylation is 1. The van der Waals surface area contributed by atoms with Gasteiger partial charge >= 0.3 is 0 Å². The molecule has 0 spiro atoms. The summed E-state index contributed by atoms with van der Waals surface area (Å²) in [5, 5.41) is 3.75. The number of halogens is 1. The van der Waals surface area contributed by atoms with Gasteiger partial charge in [-0.05, 0) is 30.7 Å². The minimum atomic E-state index is -3.30. The molecular weight excluding hydrogens is 308 g/mol. The van der Waals surface area contributed by atoms with E-state index < -0.39 is 10.0 Å². The van der Waals surface area contributed by atoms with E-state index >= 15 is 0 Å². The second-order valence-electron chi connectivity index (χ2n) is 4.91. The molecule has 112 valence electrons. The zero-order valence-electron chi connectivity index (χ0n) is 11.9. The Bertz CT molecular complexity index is 728. The maximum atomic E-state index is 11.2. The summed E-state index contributed by atoms with van der Waals surface area (Å²) in [5.74, 6) is 0. The third-order valence-corrected chi connectivity index (χ3v) is 3.81. The van der Waals surface area contributed by atoms with Gasteiger partial charge in [-0.3, -0.25) is 4.72 Å². The van der Waals surface area contributed by atoms with Crippen molar-refractivity contribution in [2.45, 2.75) is 13.5 Å². The van der Waals surface area contributed by atoms with E-state index in [1.165, 1.54) is 5.56 Å². The van der Waals surface area contributed by atoms with Gasteiger partial charge in [-0.15, -0.1) is 0 Å². The van der Waals surface area contributed by atoms with E-state index in [9.17, 15) is 8.42 Å². The Kier molecular flexibility index (Phi) is 4.75. The minimum absolute atomic E-state index is 0.480. The van der Waals surface area contributed by atoms with Crippen LogP contribution in [0.25, 0.3) is 0 Å². The molecule has 0 radical (unpaired) electrons. The van der Waals surface area contributed by atoms with Crippen LogP contribution in [-0.2, 0) is 16.6 Å². The number of benzene rings is 2. The van der Waals surface area contributed by atoms with Crippen molar-refractivity contribution in [1.82, 2.24) is 0 Å². The number of rotatable bonds is 5. The number of hydrogen-bond acceptors (Lipinski definition) is 3. The fourth-order valence-electron chi connectivity index (χ4n) is 1.84. The Hall–Kier alpha value is -1.72. The summed E-state index contributed by atoms with van der Waals surface area (Å²) < 4.78 is 24.9. The van der Waals surface area contributed by atoms with Gasteiger partial charge in [-0.2, -0.15) is 0 Å². The first-order chi connectivity index (χ1) is 9.83. The monoisotopic (exact) mass is 324 g/mol. The predicted molar refractivity (Wildman–Crippen MR) is 88.4 cm³/mol. The lowest BCUT2D eigenvalue weighted by molar-refractivity contribution is 0.607. The third-order valence-electron chi connectivity index (χ3n) is 2.87. The Morgan fingerprint density at radius 1 is 1.10 bits per heavy atom. The fraction of sp³-hybridized carbons (Fsp3) is 0.200. The Morgan fingerprint density at radius 3 is 2.38 bits per heavy atom. The van der Waals surface area contributed by atoms with Crippen molar-refractivity contribution in [3.05, 3.63) is 58.6 Å². The van der Waals surface area contributed by atoms with E-state index in [-0.39, 0.29) is 0 Å². The molecule has 0 saturated carbocycles. The second-order valence-corrected chi connectivity index (χ2v) is 7.06. The molecule has 0 aliphatic carbocycles. The number of nitrogens with one attached hydrogen (secondary N) is 2. The molecule has 0 heterocycles. The first-order valence-corrected chi connectivity index (χ1v) is 8.67. The van der Waals surface area contributed by atoms with Crippen molar-refractivity contribution >= 4 is 33.0 Å². The van der Waals surface area contributed by atoms with E-state index in [1.54, 1.807) is 18.2 Å². The zero-order valence-corrected chi connectivity index (χ0v) is 13.4. The summed E-state index contributed by atoms with van der Waals surface area (Å²) in [7, 11) is -3.30.